The molecule has 0 saturated heterocycles. The van der Waals surface area contributed by atoms with Crippen LogP contribution in [0.25, 0.3) is 0 Å². The standard InChI is InChI=1S/C15H23BrO/c1-5-13(9-16)10-17-15-8-12(4)6-7-14(15)11(2)3/h6-8,11,13H,5,9-10H2,1-4H3. The summed E-state index contributed by atoms with van der Waals surface area (Å²) in [6.45, 7) is 9.53. The smallest absolute Gasteiger partial charge is 0.123 e. The van der Waals surface area contributed by atoms with E-state index in [-0.39, 0.29) is 0 Å². The Labute approximate surface area is 114 Å². The van der Waals surface area contributed by atoms with Crippen molar-refractivity contribution in [3.05, 3.63) is 29.3 Å². The normalized spacial score (nSPS) is 12.8. The van der Waals surface area contributed by atoms with Gasteiger partial charge in [-0.3, -0.25) is 0 Å². The molecule has 1 unspecified atom stereocenters. The van der Waals surface area contributed by atoms with Crippen molar-refractivity contribution in [1.29, 1.82) is 0 Å². The van der Waals surface area contributed by atoms with E-state index in [0.717, 1.165) is 24.1 Å². The third-order valence-electron chi connectivity index (χ3n) is 3.06. The highest BCUT2D eigenvalue weighted by Gasteiger charge is 2.10. The van der Waals surface area contributed by atoms with E-state index < -0.39 is 0 Å². The lowest BCUT2D eigenvalue weighted by Crippen LogP contribution is -2.13. The van der Waals surface area contributed by atoms with Gasteiger partial charge in [-0.2, -0.15) is 0 Å². The molecule has 0 aliphatic carbocycles. The fourth-order valence-electron chi connectivity index (χ4n) is 1.72. The van der Waals surface area contributed by atoms with Crippen molar-refractivity contribution in [2.45, 2.75) is 40.0 Å². The molecule has 0 amide bonds. The molecule has 0 fully saturated rings. The Hall–Kier alpha value is -0.500. The lowest BCUT2D eigenvalue weighted by molar-refractivity contribution is 0.257. The second-order valence-corrected chi connectivity index (χ2v) is 5.58. The maximum atomic E-state index is 5.99. The van der Waals surface area contributed by atoms with Gasteiger partial charge in [0.15, 0.2) is 0 Å². The van der Waals surface area contributed by atoms with Crippen molar-refractivity contribution >= 4 is 15.9 Å². The van der Waals surface area contributed by atoms with Gasteiger partial charge in [-0.1, -0.05) is 48.8 Å². The van der Waals surface area contributed by atoms with Gasteiger partial charge in [0.2, 0.25) is 0 Å². The number of halogens is 1. The molecule has 1 atom stereocenters. The van der Waals surface area contributed by atoms with Gasteiger partial charge in [-0.25, -0.2) is 0 Å². The van der Waals surface area contributed by atoms with E-state index in [0.29, 0.717) is 11.8 Å². The molecule has 0 aliphatic heterocycles. The minimum absolute atomic E-state index is 0.509. The van der Waals surface area contributed by atoms with Gasteiger partial charge in [-0.05, 0) is 36.5 Å². The second-order valence-electron chi connectivity index (χ2n) is 4.94. The van der Waals surface area contributed by atoms with E-state index in [2.05, 4.69) is 61.8 Å². The van der Waals surface area contributed by atoms with Crippen LogP contribution in [0.5, 0.6) is 5.75 Å². The minimum atomic E-state index is 0.509. The van der Waals surface area contributed by atoms with Crippen LogP contribution in [-0.2, 0) is 0 Å². The summed E-state index contributed by atoms with van der Waals surface area (Å²) in [6, 6.07) is 6.49. The largest absolute Gasteiger partial charge is 0.493 e. The fourth-order valence-corrected chi connectivity index (χ4v) is 2.37. The molecule has 1 aromatic rings. The van der Waals surface area contributed by atoms with Gasteiger partial charge in [0.05, 0.1) is 6.61 Å². The average Bonchev–Trinajstić information content (AvgIpc) is 2.30. The zero-order valence-corrected chi connectivity index (χ0v) is 12.9. The van der Waals surface area contributed by atoms with E-state index in [1.807, 2.05) is 0 Å². The molecule has 0 bridgehead atoms. The summed E-state index contributed by atoms with van der Waals surface area (Å²) in [6.07, 6.45) is 1.15. The molecule has 0 N–H and O–H groups in total. The maximum Gasteiger partial charge on any atom is 0.123 e. The van der Waals surface area contributed by atoms with Crippen LogP contribution in [0.2, 0.25) is 0 Å². The second kappa shape index (κ2) is 7.05. The molecule has 0 radical (unpaired) electrons. The molecule has 1 rings (SSSR count). The van der Waals surface area contributed by atoms with Crippen LogP contribution in [0.3, 0.4) is 0 Å². The first-order valence-corrected chi connectivity index (χ1v) is 7.49. The third-order valence-corrected chi connectivity index (χ3v) is 3.98. The SMILES string of the molecule is CCC(CBr)COc1cc(C)ccc1C(C)C. The minimum Gasteiger partial charge on any atom is -0.493 e. The number of ether oxygens (including phenoxy) is 1. The Balaban J connectivity index is 2.78. The van der Waals surface area contributed by atoms with E-state index >= 15 is 0 Å². The Morgan fingerprint density at radius 3 is 2.53 bits per heavy atom. The van der Waals surface area contributed by atoms with Crippen LogP contribution in [0.1, 0.15) is 44.2 Å². The summed E-state index contributed by atoms with van der Waals surface area (Å²) in [4.78, 5) is 0. The van der Waals surface area contributed by atoms with Crippen LogP contribution in [0, 0.1) is 12.8 Å². The molecule has 2 heteroatoms. The molecule has 0 saturated carbocycles. The molecule has 1 nitrogen and oxygen atoms in total. The lowest BCUT2D eigenvalue weighted by Gasteiger charge is -2.18. The van der Waals surface area contributed by atoms with Crippen LogP contribution in [-0.4, -0.2) is 11.9 Å². The summed E-state index contributed by atoms with van der Waals surface area (Å²) in [7, 11) is 0. The van der Waals surface area contributed by atoms with Gasteiger partial charge >= 0.3 is 0 Å². The Kier molecular flexibility index (Phi) is 6.04. The van der Waals surface area contributed by atoms with Crippen molar-refractivity contribution in [1.82, 2.24) is 0 Å². The highest BCUT2D eigenvalue weighted by Crippen LogP contribution is 2.28. The van der Waals surface area contributed by atoms with Crippen molar-refractivity contribution in [3.8, 4) is 5.75 Å². The Morgan fingerprint density at radius 1 is 1.29 bits per heavy atom. The van der Waals surface area contributed by atoms with E-state index in [9.17, 15) is 0 Å². The predicted molar refractivity (Wildman–Crippen MR) is 78.3 cm³/mol. The van der Waals surface area contributed by atoms with Gasteiger partial charge in [0.1, 0.15) is 5.75 Å². The number of hydrogen-bond acceptors (Lipinski definition) is 1. The zero-order chi connectivity index (χ0) is 12.8. The Morgan fingerprint density at radius 2 is 2.00 bits per heavy atom. The number of rotatable bonds is 6. The lowest BCUT2D eigenvalue weighted by atomic mass is 10.0. The van der Waals surface area contributed by atoms with Gasteiger partial charge in [0.25, 0.3) is 0 Å². The molecular formula is C15H23BrO. The topological polar surface area (TPSA) is 9.23 Å². The van der Waals surface area contributed by atoms with E-state index in [1.54, 1.807) is 0 Å². The Bertz CT molecular complexity index is 343. The molecule has 96 valence electrons. The number of hydrogen-bond donors (Lipinski definition) is 0. The maximum absolute atomic E-state index is 5.99. The van der Waals surface area contributed by atoms with Crippen LogP contribution < -0.4 is 4.74 Å². The third kappa shape index (κ3) is 4.34. The quantitative estimate of drug-likeness (QED) is 0.678. The number of aryl methyl sites for hydroxylation is 1. The molecule has 0 aliphatic rings. The summed E-state index contributed by atoms with van der Waals surface area (Å²) in [5.41, 5.74) is 2.57. The van der Waals surface area contributed by atoms with Crippen LogP contribution in [0.4, 0.5) is 0 Å². The van der Waals surface area contributed by atoms with Crippen LogP contribution >= 0.6 is 15.9 Å². The molecule has 1 aromatic carbocycles. The van der Waals surface area contributed by atoms with Crippen molar-refractivity contribution < 1.29 is 4.74 Å². The monoisotopic (exact) mass is 298 g/mol. The van der Waals surface area contributed by atoms with Gasteiger partial charge in [-0.15, -0.1) is 0 Å². The van der Waals surface area contributed by atoms with E-state index in [1.165, 1.54) is 11.1 Å². The van der Waals surface area contributed by atoms with E-state index in [4.69, 9.17) is 4.74 Å². The molecule has 0 spiro atoms. The van der Waals surface area contributed by atoms with Crippen molar-refractivity contribution in [3.63, 3.8) is 0 Å². The van der Waals surface area contributed by atoms with Gasteiger partial charge < -0.3 is 4.74 Å². The summed E-state index contributed by atoms with van der Waals surface area (Å²) >= 11 is 3.53. The summed E-state index contributed by atoms with van der Waals surface area (Å²) in [5, 5.41) is 1.01. The molecule has 0 heterocycles. The zero-order valence-electron chi connectivity index (χ0n) is 11.3. The first-order chi connectivity index (χ1) is 8.08. The number of benzene rings is 1. The average molecular weight is 299 g/mol. The van der Waals surface area contributed by atoms with Gasteiger partial charge in [0, 0.05) is 11.2 Å². The van der Waals surface area contributed by atoms with Crippen LogP contribution in [0.15, 0.2) is 18.2 Å². The summed E-state index contributed by atoms with van der Waals surface area (Å²) < 4.78 is 5.99. The molecule has 0 aromatic heterocycles. The predicted octanol–water partition coefficient (Wildman–Crippen LogP) is 4.92. The first-order valence-electron chi connectivity index (χ1n) is 6.37. The molecular weight excluding hydrogens is 276 g/mol. The summed E-state index contributed by atoms with van der Waals surface area (Å²) in [5.74, 6) is 2.16. The first kappa shape index (κ1) is 14.6. The highest BCUT2D eigenvalue weighted by atomic mass is 79.9. The number of alkyl halides is 1. The molecule has 17 heavy (non-hydrogen) atoms. The fraction of sp³-hybridized carbons (Fsp3) is 0.600. The van der Waals surface area contributed by atoms with Crippen molar-refractivity contribution in [2.24, 2.45) is 5.92 Å². The highest BCUT2D eigenvalue weighted by molar-refractivity contribution is 9.09. The van der Waals surface area contributed by atoms with Crippen molar-refractivity contribution in [2.75, 3.05) is 11.9 Å².